The van der Waals surface area contributed by atoms with Gasteiger partial charge >= 0.3 is 0 Å². The van der Waals surface area contributed by atoms with Crippen molar-refractivity contribution in [2.75, 3.05) is 7.11 Å². The number of aliphatic hydroxyl groups is 1. The SMILES string of the molecule is COC1(C(O)c2cncc(OC(C)C)c2)CCC(C)CC1. The van der Waals surface area contributed by atoms with Crippen molar-refractivity contribution in [1.82, 2.24) is 4.98 Å². The molecule has 1 aromatic heterocycles. The van der Waals surface area contributed by atoms with Crippen LogP contribution in [0.5, 0.6) is 5.75 Å². The molecule has 0 aliphatic heterocycles. The molecule has 1 aliphatic carbocycles. The lowest BCUT2D eigenvalue weighted by Crippen LogP contribution is -2.42. The Kier molecular flexibility index (Phi) is 5.22. The molecule has 2 rings (SSSR count). The average Bonchev–Trinajstić information content (AvgIpc) is 2.47. The van der Waals surface area contributed by atoms with Crippen molar-refractivity contribution < 1.29 is 14.6 Å². The first-order valence-corrected chi connectivity index (χ1v) is 7.81. The van der Waals surface area contributed by atoms with E-state index in [1.54, 1.807) is 19.5 Å². The first kappa shape index (κ1) is 16.2. The molecule has 4 heteroatoms. The minimum atomic E-state index is -0.668. The lowest BCUT2D eigenvalue weighted by atomic mass is 9.75. The number of pyridine rings is 1. The number of methoxy groups -OCH3 is 1. The van der Waals surface area contributed by atoms with E-state index in [0.29, 0.717) is 11.7 Å². The topological polar surface area (TPSA) is 51.6 Å². The molecule has 1 fully saturated rings. The summed E-state index contributed by atoms with van der Waals surface area (Å²) in [5.74, 6) is 1.39. The van der Waals surface area contributed by atoms with Crippen LogP contribution in [0.1, 0.15) is 58.1 Å². The maximum Gasteiger partial charge on any atom is 0.138 e. The van der Waals surface area contributed by atoms with E-state index < -0.39 is 11.7 Å². The molecule has 1 aromatic rings. The van der Waals surface area contributed by atoms with Gasteiger partial charge in [0.2, 0.25) is 0 Å². The van der Waals surface area contributed by atoms with Gasteiger partial charge in [0.15, 0.2) is 0 Å². The van der Waals surface area contributed by atoms with Crippen molar-refractivity contribution in [3.05, 3.63) is 24.0 Å². The van der Waals surface area contributed by atoms with E-state index >= 15 is 0 Å². The predicted octanol–water partition coefficient (Wildman–Crippen LogP) is 3.50. The van der Waals surface area contributed by atoms with Crippen LogP contribution in [0.25, 0.3) is 0 Å². The molecular weight excluding hydrogens is 266 g/mol. The van der Waals surface area contributed by atoms with Crippen LogP contribution in [0.15, 0.2) is 18.5 Å². The van der Waals surface area contributed by atoms with Gasteiger partial charge in [-0.2, -0.15) is 0 Å². The van der Waals surface area contributed by atoms with Gasteiger partial charge < -0.3 is 14.6 Å². The van der Waals surface area contributed by atoms with Crippen LogP contribution >= 0.6 is 0 Å². The quantitative estimate of drug-likeness (QED) is 0.902. The van der Waals surface area contributed by atoms with Crippen molar-refractivity contribution in [3.8, 4) is 5.75 Å². The van der Waals surface area contributed by atoms with E-state index in [0.717, 1.165) is 31.2 Å². The summed E-state index contributed by atoms with van der Waals surface area (Å²) in [5, 5.41) is 10.8. The fraction of sp³-hybridized carbons (Fsp3) is 0.706. The molecule has 1 heterocycles. The Morgan fingerprint density at radius 2 is 1.95 bits per heavy atom. The van der Waals surface area contributed by atoms with Crippen LogP contribution in [0.3, 0.4) is 0 Å². The maximum atomic E-state index is 10.8. The fourth-order valence-electron chi connectivity index (χ4n) is 3.07. The molecular formula is C17H27NO3. The summed E-state index contributed by atoms with van der Waals surface area (Å²) < 4.78 is 11.4. The molecule has 1 aliphatic rings. The normalized spacial score (nSPS) is 27.6. The molecule has 1 N–H and O–H groups in total. The lowest BCUT2D eigenvalue weighted by molar-refractivity contribution is -0.130. The second-order valence-corrected chi connectivity index (χ2v) is 6.47. The summed E-state index contributed by atoms with van der Waals surface area (Å²) in [6.07, 6.45) is 6.72. The summed E-state index contributed by atoms with van der Waals surface area (Å²) in [6, 6.07) is 1.87. The van der Waals surface area contributed by atoms with E-state index in [4.69, 9.17) is 9.47 Å². The maximum absolute atomic E-state index is 10.8. The van der Waals surface area contributed by atoms with Crippen LogP contribution in [-0.4, -0.2) is 28.9 Å². The monoisotopic (exact) mass is 293 g/mol. The van der Waals surface area contributed by atoms with Gasteiger partial charge in [-0.1, -0.05) is 6.92 Å². The van der Waals surface area contributed by atoms with Gasteiger partial charge in [-0.15, -0.1) is 0 Å². The number of ether oxygens (including phenoxy) is 2. The Bertz CT molecular complexity index is 453. The van der Waals surface area contributed by atoms with E-state index in [-0.39, 0.29) is 6.10 Å². The van der Waals surface area contributed by atoms with Crippen molar-refractivity contribution in [2.24, 2.45) is 5.92 Å². The third-order valence-electron chi connectivity index (χ3n) is 4.45. The molecule has 0 aromatic carbocycles. The summed E-state index contributed by atoms with van der Waals surface area (Å²) in [5.41, 5.74) is 0.273. The smallest absolute Gasteiger partial charge is 0.138 e. The summed E-state index contributed by atoms with van der Waals surface area (Å²) >= 11 is 0. The highest BCUT2D eigenvalue weighted by Gasteiger charge is 2.41. The third kappa shape index (κ3) is 3.74. The molecule has 0 radical (unpaired) electrons. The van der Waals surface area contributed by atoms with Crippen LogP contribution < -0.4 is 4.74 Å². The van der Waals surface area contributed by atoms with E-state index in [1.165, 1.54) is 0 Å². The van der Waals surface area contributed by atoms with E-state index in [1.807, 2.05) is 19.9 Å². The van der Waals surface area contributed by atoms with Gasteiger partial charge in [0.1, 0.15) is 11.9 Å². The number of nitrogens with zero attached hydrogens (tertiary/aromatic N) is 1. The molecule has 118 valence electrons. The molecule has 0 spiro atoms. The number of aromatic nitrogens is 1. The zero-order chi connectivity index (χ0) is 15.5. The molecule has 21 heavy (non-hydrogen) atoms. The van der Waals surface area contributed by atoms with Gasteiger partial charge in [-0.25, -0.2) is 0 Å². The Morgan fingerprint density at radius 3 is 2.52 bits per heavy atom. The molecule has 4 nitrogen and oxygen atoms in total. The van der Waals surface area contributed by atoms with Gasteiger partial charge in [0.05, 0.1) is 17.9 Å². The van der Waals surface area contributed by atoms with Gasteiger partial charge in [0, 0.05) is 18.9 Å². The number of hydrogen-bond acceptors (Lipinski definition) is 4. The minimum Gasteiger partial charge on any atom is -0.489 e. The number of hydrogen-bond donors (Lipinski definition) is 1. The van der Waals surface area contributed by atoms with Crippen LogP contribution in [-0.2, 0) is 4.74 Å². The van der Waals surface area contributed by atoms with Gasteiger partial charge in [-0.05, 0) is 51.5 Å². The van der Waals surface area contributed by atoms with Gasteiger partial charge in [-0.3, -0.25) is 4.98 Å². The van der Waals surface area contributed by atoms with Crippen molar-refractivity contribution in [2.45, 2.75) is 64.3 Å². The molecule has 1 unspecified atom stereocenters. The van der Waals surface area contributed by atoms with E-state index in [2.05, 4.69) is 11.9 Å². The Balaban J connectivity index is 2.19. The lowest BCUT2D eigenvalue weighted by Gasteiger charge is -2.41. The molecule has 1 atom stereocenters. The second-order valence-electron chi connectivity index (χ2n) is 6.47. The Morgan fingerprint density at radius 1 is 1.29 bits per heavy atom. The summed E-state index contributed by atoms with van der Waals surface area (Å²) in [6.45, 7) is 6.20. The first-order valence-electron chi connectivity index (χ1n) is 7.81. The minimum absolute atomic E-state index is 0.0890. The van der Waals surface area contributed by atoms with Crippen molar-refractivity contribution >= 4 is 0 Å². The predicted molar refractivity (Wildman–Crippen MR) is 82.3 cm³/mol. The highest BCUT2D eigenvalue weighted by Crippen LogP contribution is 2.43. The van der Waals surface area contributed by atoms with Crippen LogP contribution in [0.4, 0.5) is 0 Å². The van der Waals surface area contributed by atoms with Crippen LogP contribution in [0.2, 0.25) is 0 Å². The van der Waals surface area contributed by atoms with Crippen molar-refractivity contribution in [3.63, 3.8) is 0 Å². The zero-order valence-electron chi connectivity index (χ0n) is 13.5. The van der Waals surface area contributed by atoms with Crippen molar-refractivity contribution in [1.29, 1.82) is 0 Å². The first-order chi connectivity index (χ1) is 9.97. The third-order valence-corrected chi connectivity index (χ3v) is 4.45. The zero-order valence-corrected chi connectivity index (χ0v) is 13.5. The molecule has 0 saturated heterocycles. The summed E-state index contributed by atoms with van der Waals surface area (Å²) in [4.78, 5) is 4.19. The van der Waals surface area contributed by atoms with E-state index in [9.17, 15) is 5.11 Å². The fourth-order valence-corrected chi connectivity index (χ4v) is 3.07. The Hall–Kier alpha value is -1.13. The summed E-state index contributed by atoms with van der Waals surface area (Å²) in [7, 11) is 1.70. The highest BCUT2D eigenvalue weighted by molar-refractivity contribution is 5.27. The Labute approximate surface area is 127 Å². The highest BCUT2D eigenvalue weighted by atomic mass is 16.5. The number of rotatable bonds is 5. The second kappa shape index (κ2) is 6.75. The standard InChI is InChI=1S/C17H27NO3/c1-12(2)21-15-9-14(10-18-11-15)16(19)17(20-4)7-5-13(3)6-8-17/h9-13,16,19H,5-8H2,1-4H3. The molecule has 0 amide bonds. The number of aliphatic hydroxyl groups excluding tert-OH is 1. The molecule has 1 saturated carbocycles. The van der Waals surface area contributed by atoms with Gasteiger partial charge in [0.25, 0.3) is 0 Å². The largest absolute Gasteiger partial charge is 0.489 e. The average molecular weight is 293 g/mol. The molecule has 0 bridgehead atoms. The van der Waals surface area contributed by atoms with Crippen LogP contribution in [0, 0.1) is 5.92 Å².